The van der Waals surface area contributed by atoms with Crippen LogP contribution in [-0.4, -0.2) is 41.5 Å². The molecule has 1 atom stereocenters. The molecule has 0 spiro atoms. The maximum atomic E-state index is 4.73. The van der Waals surface area contributed by atoms with Crippen LogP contribution in [0, 0.1) is 0 Å². The maximum Gasteiger partial charge on any atom is 0.142 e. The van der Waals surface area contributed by atoms with Gasteiger partial charge in [0.05, 0.1) is 17.4 Å². The lowest BCUT2D eigenvalue weighted by atomic mass is 10.1. The molecule has 3 heterocycles. The summed E-state index contributed by atoms with van der Waals surface area (Å²) in [7, 11) is 2.16. The van der Waals surface area contributed by atoms with Crippen molar-refractivity contribution in [2.45, 2.75) is 6.04 Å². The minimum atomic E-state index is 0.382. The molecular weight excluding hydrogens is 244 g/mol. The Morgan fingerprint density at radius 2 is 2.39 bits per heavy atom. The Hall–Kier alpha value is -1.30. The molecule has 1 aliphatic rings. The fourth-order valence-electron chi connectivity index (χ4n) is 2.18. The molecule has 18 heavy (non-hydrogen) atoms. The minimum absolute atomic E-state index is 0.382. The zero-order chi connectivity index (χ0) is 12.4. The fraction of sp³-hybridized carbons (Fsp3) is 0.385. The molecule has 4 nitrogen and oxygen atoms in total. The van der Waals surface area contributed by atoms with E-state index in [0.29, 0.717) is 6.04 Å². The van der Waals surface area contributed by atoms with Gasteiger partial charge in [-0.25, -0.2) is 4.98 Å². The molecule has 1 fully saturated rings. The molecule has 1 saturated heterocycles. The van der Waals surface area contributed by atoms with Crippen LogP contribution >= 0.6 is 11.3 Å². The smallest absolute Gasteiger partial charge is 0.142 e. The van der Waals surface area contributed by atoms with E-state index in [9.17, 15) is 0 Å². The molecular formula is C13H16N4S. The Balaban J connectivity index is 1.85. The number of hydrogen-bond donors (Lipinski definition) is 1. The summed E-state index contributed by atoms with van der Waals surface area (Å²) in [4.78, 5) is 11.4. The first kappa shape index (κ1) is 11.8. The van der Waals surface area contributed by atoms with Crippen LogP contribution < -0.4 is 5.32 Å². The molecule has 1 unspecified atom stereocenters. The minimum Gasteiger partial charge on any atom is -0.313 e. The van der Waals surface area contributed by atoms with E-state index >= 15 is 0 Å². The zero-order valence-corrected chi connectivity index (χ0v) is 11.2. The molecule has 1 N–H and O–H groups in total. The van der Waals surface area contributed by atoms with Gasteiger partial charge in [-0.15, -0.1) is 11.3 Å². The summed E-state index contributed by atoms with van der Waals surface area (Å²) in [6.07, 6.45) is 1.81. The molecule has 5 heteroatoms. The number of hydrogen-bond acceptors (Lipinski definition) is 5. The molecule has 0 bridgehead atoms. The second-order valence-corrected chi connectivity index (χ2v) is 5.35. The van der Waals surface area contributed by atoms with Crippen molar-refractivity contribution < 1.29 is 0 Å². The van der Waals surface area contributed by atoms with Crippen molar-refractivity contribution in [1.29, 1.82) is 0 Å². The number of pyridine rings is 1. The zero-order valence-electron chi connectivity index (χ0n) is 10.3. The lowest BCUT2D eigenvalue weighted by Gasteiger charge is -2.31. The monoisotopic (exact) mass is 260 g/mol. The maximum absolute atomic E-state index is 4.73. The van der Waals surface area contributed by atoms with E-state index in [1.807, 2.05) is 24.4 Å². The average molecular weight is 260 g/mol. The Morgan fingerprint density at radius 3 is 3.17 bits per heavy atom. The summed E-state index contributed by atoms with van der Waals surface area (Å²) in [5.41, 5.74) is 2.11. The van der Waals surface area contributed by atoms with Crippen LogP contribution in [-0.2, 0) is 0 Å². The summed E-state index contributed by atoms with van der Waals surface area (Å²) in [5.74, 6) is 0. The fourth-order valence-corrected chi connectivity index (χ4v) is 3.02. The van der Waals surface area contributed by atoms with E-state index in [2.05, 4.69) is 27.6 Å². The third kappa shape index (κ3) is 2.29. The highest BCUT2D eigenvalue weighted by Gasteiger charge is 2.22. The van der Waals surface area contributed by atoms with Crippen molar-refractivity contribution in [2.24, 2.45) is 0 Å². The summed E-state index contributed by atoms with van der Waals surface area (Å²) < 4.78 is 0. The lowest BCUT2D eigenvalue weighted by molar-refractivity contribution is 0.199. The van der Waals surface area contributed by atoms with Gasteiger partial charge in [0.25, 0.3) is 0 Å². The molecule has 3 rings (SSSR count). The normalized spacial score (nSPS) is 21.1. The molecule has 1 aliphatic heterocycles. The molecule has 0 aromatic carbocycles. The number of rotatable bonds is 2. The largest absolute Gasteiger partial charge is 0.313 e. The number of aromatic nitrogens is 2. The molecule has 94 valence electrons. The quantitative estimate of drug-likeness (QED) is 0.893. The topological polar surface area (TPSA) is 41.0 Å². The highest BCUT2D eigenvalue weighted by molar-refractivity contribution is 7.13. The van der Waals surface area contributed by atoms with Gasteiger partial charge in [-0.3, -0.25) is 9.88 Å². The van der Waals surface area contributed by atoms with Gasteiger partial charge in [0.2, 0.25) is 0 Å². The van der Waals surface area contributed by atoms with Crippen LogP contribution in [0.25, 0.3) is 10.7 Å². The Kier molecular flexibility index (Phi) is 3.36. The highest BCUT2D eigenvalue weighted by atomic mass is 32.1. The molecule has 0 amide bonds. The summed E-state index contributed by atoms with van der Waals surface area (Å²) in [6, 6.07) is 6.31. The van der Waals surface area contributed by atoms with Gasteiger partial charge in [0, 0.05) is 31.2 Å². The predicted octanol–water partition coefficient (Wildman–Crippen LogP) is 1.78. The third-order valence-corrected chi connectivity index (χ3v) is 4.14. The SMILES string of the molecule is CN1CCNCC1c1csc(-c2ccccn2)n1. The van der Waals surface area contributed by atoms with Crippen molar-refractivity contribution in [3.63, 3.8) is 0 Å². The summed E-state index contributed by atoms with van der Waals surface area (Å²) >= 11 is 1.67. The van der Waals surface area contributed by atoms with Gasteiger partial charge in [-0.2, -0.15) is 0 Å². The van der Waals surface area contributed by atoms with Crippen LogP contribution in [0.1, 0.15) is 11.7 Å². The van der Waals surface area contributed by atoms with E-state index in [1.54, 1.807) is 11.3 Å². The van der Waals surface area contributed by atoms with Crippen LogP contribution in [0.3, 0.4) is 0 Å². The third-order valence-electron chi connectivity index (χ3n) is 3.26. The number of nitrogens with one attached hydrogen (secondary N) is 1. The Morgan fingerprint density at radius 1 is 1.44 bits per heavy atom. The number of nitrogens with zero attached hydrogens (tertiary/aromatic N) is 3. The van der Waals surface area contributed by atoms with Crippen molar-refractivity contribution >= 4 is 11.3 Å². The molecule has 2 aromatic heterocycles. The van der Waals surface area contributed by atoms with Crippen LogP contribution in [0.15, 0.2) is 29.8 Å². The van der Waals surface area contributed by atoms with Crippen molar-refractivity contribution in [3.8, 4) is 10.7 Å². The van der Waals surface area contributed by atoms with Crippen molar-refractivity contribution in [3.05, 3.63) is 35.5 Å². The number of piperazine rings is 1. The van der Waals surface area contributed by atoms with E-state index in [0.717, 1.165) is 36.0 Å². The van der Waals surface area contributed by atoms with Crippen molar-refractivity contribution in [2.75, 3.05) is 26.7 Å². The second-order valence-electron chi connectivity index (χ2n) is 4.49. The van der Waals surface area contributed by atoms with E-state index in [4.69, 9.17) is 4.98 Å². The Labute approximate surface area is 111 Å². The van der Waals surface area contributed by atoms with Gasteiger partial charge in [-0.05, 0) is 19.2 Å². The molecule has 0 saturated carbocycles. The van der Waals surface area contributed by atoms with Gasteiger partial charge < -0.3 is 5.32 Å². The van der Waals surface area contributed by atoms with Gasteiger partial charge in [0.1, 0.15) is 5.01 Å². The average Bonchev–Trinajstić information content (AvgIpc) is 2.90. The first-order chi connectivity index (χ1) is 8.84. The highest BCUT2D eigenvalue weighted by Crippen LogP contribution is 2.27. The van der Waals surface area contributed by atoms with E-state index in [-0.39, 0.29) is 0 Å². The molecule has 0 radical (unpaired) electrons. The first-order valence-corrected chi connectivity index (χ1v) is 7.00. The summed E-state index contributed by atoms with van der Waals surface area (Å²) in [5, 5.41) is 6.58. The van der Waals surface area contributed by atoms with Crippen LogP contribution in [0.4, 0.5) is 0 Å². The number of thiazole rings is 1. The lowest BCUT2D eigenvalue weighted by Crippen LogP contribution is -2.43. The van der Waals surface area contributed by atoms with Gasteiger partial charge in [-0.1, -0.05) is 6.07 Å². The first-order valence-electron chi connectivity index (χ1n) is 6.12. The van der Waals surface area contributed by atoms with Crippen molar-refractivity contribution in [1.82, 2.24) is 20.2 Å². The standard InChI is InChI=1S/C13H16N4S/c1-17-7-6-14-8-12(17)11-9-18-13(16-11)10-4-2-3-5-15-10/h2-5,9,12,14H,6-8H2,1H3. The predicted molar refractivity (Wildman–Crippen MR) is 73.6 cm³/mol. The van der Waals surface area contributed by atoms with E-state index < -0.39 is 0 Å². The van der Waals surface area contributed by atoms with Crippen LogP contribution in [0.2, 0.25) is 0 Å². The second kappa shape index (κ2) is 5.14. The van der Waals surface area contributed by atoms with Crippen LogP contribution in [0.5, 0.6) is 0 Å². The Bertz CT molecular complexity index is 511. The molecule has 0 aliphatic carbocycles. The number of likely N-dealkylation sites (N-methyl/N-ethyl adjacent to an activating group) is 1. The summed E-state index contributed by atoms with van der Waals surface area (Å²) in [6.45, 7) is 3.10. The van der Waals surface area contributed by atoms with E-state index in [1.165, 1.54) is 0 Å². The van der Waals surface area contributed by atoms with Gasteiger partial charge in [0.15, 0.2) is 0 Å². The molecule has 2 aromatic rings. The van der Waals surface area contributed by atoms with Gasteiger partial charge >= 0.3 is 0 Å².